The third kappa shape index (κ3) is 3.73. The maximum atomic E-state index is 11.9. The second-order valence-corrected chi connectivity index (χ2v) is 5.90. The Balaban J connectivity index is 1.96. The molecule has 4 nitrogen and oxygen atoms in total. The molecule has 0 bridgehead atoms. The van der Waals surface area contributed by atoms with E-state index in [2.05, 4.69) is 28.8 Å². The second kappa shape index (κ2) is 6.27. The molecule has 2 rings (SSSR count). The average molecular weight is 276 g/mol. The van der Waals surface area contributed by atoms with Gasteiger partial charge in [0, 0.05) is 25.9 Å². The van der Waals surface area contributed by atoms with Crippen LogP contribution in [0.2, 0.25) is 0 Å². The molecule has 1 heterocycles. The number of aryl methyl sites for hydroxylation is 1. The molecule has 0 aliphatic carbocycles. The zero-order chi connectivity index (χ0) is 14.6. The van der Waals surface area contributed by atoms with Crippen LogP contribution >= 0.6 is 0 Å². The molecular weight excluding hydrogens is 252 g/mol. The topological polar surface area (TPSA) is 50.4 Å². The number of fused-ring (bicyclic) bond motifs is 1. The third-order valence-corrected chi connectivity index (χ3v) is 3.78. The van der Waals surface area contributed by atoms with E-state index in [0.717, 1.165) is 18.5 Å². The molecule has 0 unspecified atom stereocenters. The van der Waals surface area contributed by atoms with Gasteiger partial charge < -0.3 is 15.4 Å². The molecule has 20 heavy (non-hydrogen) atoms. The predicted octanol–water partition coefficient (Wildman–Crippen LogP) is 2.48. The van der Waals surface area contributed by atoms with Crippen molar-refractivity contribution in [3.05, 3.63) is 29.3 Å². The number of para-hydroxylation sites is 1. The highest BCUT2D eigenvalue weighted by molar-refractivity contribution is 5.77. The van der Waals surface area contributed by atoms with Crippen molar-refractivity contribution in [2.24, 2.45) is 0 Å². The molecule has 0 saturated heterocycles. The highest BCUT2D eigenvalue weighted by Crippen LogP contribution is 2.26. The van der Waals surface area contributed by atoms with Gasteiger partial charge in [0.25, 0.3) is 0 Å². The number of carbonyl (C=O) groups excluding carboxylic acids is 1. The standard InChI is InChI=1S/C16H24N2O2/c1-16(2,20-3)10-14(19)18-11-13-7-4-6-12-8-5-9-17-15(12)13/h4,6-7,17H,5,8-11H2,1-3H3,(H,18,19). The first-order valence-electron chi connectivity index (χ1n) is 7.18. The predicted molar refractivity (Wildman–Crippen MR) is 80.8 cm³/mol. The van der Waals surface area contributed by atoms with E-state index >= 15 is 0 Å². The molecule has 0 spiro atoms. The fourth-order valence-corrected chi connectivity index (χ4v) is 2.44. The summed E-state index contributed by atoms with van der Waals surface area (Å²) in [6.45, 7) is 5.40. The summed E-state index contributed by atoms with van der Waals surface area (Å²) >= 11 is 0. The summed E-state index contributed by atoms with van der Waals surface area (Å²) < 4.78 is 5.28. The number of methoxy groups -OCH3 is 1. The number of benzene rings is 1. The van der Waals surface area contributed by atoms with Crippen molar-refractivity contribution in [1.29, 1.82) is 0 Å². The summed E-state index contributed by atoms with van der Waals surface area (Å²) in [5.41, 5.74) is 3.29. The van der Waals surface area contributed by atoms with Crippen LogP contribution in [0.15, 0.2) is 18.2 Å². The Kier molecular flexibility index (Phi) is 4.65. The van der Waals surface area contributed by atoms with Gasteiger partial charge in [0.2, 0.25) is 5.91 Å². The summed E-state index contributed by atoms with van der Waals surface area (Å²) in [6, 6.07) is 6.28. The van der Waals surface area contributed by atoms with Gasteiger partial charge >= 0.3 is 0 Å². The van der Waals surface area contributed by atoms with Crippen LogP contribution in [0.3, 0.4) is 0 Å². The van der Waals surface area contributed by atoms with Gasteiger partial charge in [-0.25, -0.2) is 0 Å². The van der Waals surface area contributed by atoms with E-state index in [0.29, 0.717) is 13.0 Å². The van der Waals surface area contributed by atoms with Crippen molar-refractivity contribution in [1.82, 2.24) is 5.32 Å². The minimum absolute atomic E-state index is 0.0188. The van der Waals surface area contributed by atoms with Crippen LogP contribution in [-0.2, 0) is 22.5 Å². The smallest absolute Gasteiger partial charge is 0.223 e. The summed E-state index contributed by atoms with van der Waals surface area (Å²) in [6.07, 6.45) is 2.65. The Morgan fingerprint density at radius 2 is 2.25 bits per heavy atom. The first kappa shape index (κ1) is 14.9. The summed E-state index contributed by atoms with van der Waals surface area (Å²) in [4.78, 5) is 11.9. The zero-order valence-corrected chi connectivity index (χ0v) is 12.6. The summed E-state index contributed by atoms with van der Waals surface area (Å²) in [5.74, 6) is 0.0188. The largest absolute Gasteiger partial charge is 0.385 e. The number of amides is 1. The Morgan fingerprint density at radius 3 is 3.00 bits per heavy atom. The van der Waals surface area contributed by atoms with Crippen LogP contribution in [0.25, 0.3) is 0 Å². The van der Waals surface area contributed by atoms with Gasteiger partial charge in [-0.05, 0) is 37.8 Å². The first-order chi connectivity index (χ1) is 9.52. The lowest BCUT2D eigenvalue weighted by Gasteiger charge is -2.23. The van der Waals surface area contributed by atoms with E-state index in [1.165, 1.54) is 17.7 Å². The lowest BCUT2D eigenvalue weighted by molar-refractivity contribution is -0.126. The molecule has 0 aromatic heterocycles. The number of nitrogens with one attached hydrogen (secondary N) is 2. The first-order valence-corrected chi connectivity index (χ1v) is 7.18. The van der Waals surface area contributed by atoms with Crippen molar-refractivity contribution in [2.45, 2.75) is 45.3 Å². The number of carbonyl (C=O) groups is 1. The van der Waals surface area contributed by atoms with Crippen molar-refractivity contribution in [3.63, 3.8) is 0 Å². The molecule has 110 valence electrons. The van der Waals surface area contributed by atoms with Gasteiger partial charge in [0.1, 0.15) is 0 Å². The van der Waals surface area contributed by atoms with Gasteiger partial charge in [-0.1, -0.05) is 18.2 Å². The van der Waals surface area contributed by atoms with Crippen molar-refractivity contribution < 1.29 is 9.53 Å². The average Bonchev–Trinajstić information content (AvgIpc) is 2.44. The van der Waals surface area contributed by atoms with Crippen LogP contribution < -0.4 is 10.6 Å². The van der Waals surface area contributed by atoms with Crippen LogP contribution in [0.5, 0.6) is 0 Å². The van der Waals surface area contributed by atoms with Gasteiger partial charge in [-0.3, -0.25) is 4.79 Å². The number of ether oxygens (including phenoxy) is 1. The fourth-order valence-electron chi connectivity index (χ4n) is 2.44. The van der Waals surface area contributed by atoms with E-state index in [9.17, 15) is 4.79 Å². The number of hydrogen-bond acceptors (Lipinski definition) is 3. The third-order valence-electron chi connectivity index (χ3n) is 3.78. The molecule has 0 saturated carbocycles. The lowest BCUT2D eigenvalue weighted by Crippen LogP contribution is -2.33. The normalized spacial score (nSPS) is 14.3. The molecule has 1 aliphatic rings. The Hall–Kier alpha value is -1.55. The number of anilines is 1. The molecule has 1 aromatic carbocycles. The highest BCUT2D eigenvalue weighted by atomic mass is 16.5. The van der Waals surface area contributed by atoms with Crippen molar-refractivity contribution >= 4 is 11.6 Å². The van der Waals surface area contributed by atoms with Crippen molar-refractivity contribution in [2.75, 3.05) is 19.0 Å². The molecule has 0 radical (unpaired) electrons. The van der Waals surface area contributed by atoms with Gasteiger partial charge in [-0.15, -0.1) is 0 Å². The Labute approximate surface area is 120 Å². The van der Waals surface area contributed by atoms with Gasteiger partial charge in [0.15, 0.2) is 0 Å². The minimum Gasteiger partial charge on any atom is -0.385 e. The van der Waals surface area contributed by atoms with E-state index in [-0.39, 0.29) is 5.91 Å². The van der Waals surface area contributed by atoms with Gasteiger partial charge in [-0.2, -0.15) is 0 Å². The monoisotopic (exact) mass is 276 g/mol. The Morgan fingerprint density at radius 1 is 1.45 bits per heavy atom. The van der Waals surface area contributed by atoms with Crippen LogP contribution in [-0.4, -0.2) is 25.2 Å². The highest BCUT2D eigenvalue weighted by Gasteiger charge is 2.21. The maximum absolute atomic E-state index is 11.9. The molecule has 0 fully saturated rings. The molecule has 1 amide bonds. The fraction of sp³-hybridized carbons (Fsp3) is 0.562. The van der Waals surface area contributed by atoms with E-state index in [1.807, 2.05) is 13.8 Å². The molecule has 2 N–H and O–H groups in total. The van der Waals surface area contributed by atoms with Crippen LogP contribution in [0.4, 0.5) is 5.69 Å². The van der Waals surface area contributed by atoms with E-state index in [4.69, 9.17) is 4.74 Å². The molecule has 0 atom stereocenters. The molecular formula is C16H24N2O2. The lowest BCUT2D eigenvalue weighted by atomic mass is 9.99. The summed E-state index contributed by atoms with van der Waals surface area (Å²) in [7, 11) is 1.63. The number of rotatable bonds is 5. The van der Waals surface area contributed by atoms with Gasteiger partial charge in [0.05, 0.1) is 12.0 Å². The molecule has 4 heteroatoms. The second-order valence-electron chi connectivity index (χ2n) is 5.90. The van der Waals surface area contributed by atoms with Crippen LogP contribution in [0.1, 0.15) is 37.8 Å². The van der Waals surface area contributed by atoms with E-state index in [1.54, 1.807) is 7.11 Å². The summed E-state index contributed by atoms with van der Waals surface area (Å²) in [5, 5.41) is 6.42. The van der Waals surface area contributed by atoms with Crippen LogP contribution in [0, 0.1) is 0 Å². The zero-order valence-electron chi connectivity index (χ0n) is 12.6. The quantitative estimate of drug-likeness (QED) is 0.868. The van der Waals surface area contributed by atoms with E-state index < -0.39 is 5.60 Å². The minimum atomic E-state index is -0.418. The van der Waals surface area contributed by atoms with Crippen molar-refractivity contribution in [3.8, 4) is 0 Å². The molecule has 1 aromatic rings. The molecule has 1 aliphatic heterocycles. The Bertz CT molecular complexity index is 483. The maximum Gasteiger partial charge on any atom is 0.223 e. The SMILES string of the molecule is COC(C)(C)CC(=O)NCc1cccc2c1NCCC2. The number of hydrogen-bond donors (Lipinski definition) is 2.